The van der Waals surface area contributed by atoms with Crippen LogP contribution in [0.1, 0.15) is 11.1 Å². The van der Waals surface area contributed by atoms with Crippen molar-refractivity contribution >= 4 is 17.5 Å². The zero-order valence-corrected chi connectivity index (χ0v) is 9.20. The third-order valence-corrected chi connectivity index (χ3v) is 2.65. The number of hydrogen-bond donors (Lipinski definition) is 1. The number of benzene rings is 1. The van der Waals surface area contributed by atoms with Gasteiger partial charge in [0.05, 0.1) is 6.54 Å². The number of imidazole rings is 1. The molecule has 0 fully saturated rings. The van der Waals surface area contributed by atoms with Gasteiger partial charge in [0.1, 0.15) is 0 Å². The summed E-state index contributed by atoms with van der Waals surface area (Å²) in [7, 11) is 0. The second kappa shape index (κ2) is 3.95. The van der Waals surface area contributed by atoms with Gasteiger partial charge in [0, 0.05) is 17.4 Å². The molecule has 0 radical (unpaired) electrons. The van der Waals surface area contributed by atoms with E-state index >= 15 is 0 Å². The summed E-state index contributed by atoms with van der Waals surface area (Å²) in [5, 5.41) is 0.767. The van der Waals surface area contributed by atoms with Crippen LogP contribution >= 0.6 is 11.6 Å². The van der Waals surface area contributed by atoms with Gasteiger partial charge in [0.25, 0.3) is 0 Å². The van der Waals surface area contributed by atoms with E-state index in [0.717, 1.165) is 16.1 Å². The maximum absolute atomic E-state index is 6.12. The molecule has 0 unspecified atom stereocenters. The van der Waals surface area contributed by atoms with Crippen LogP contribution in [0.4, 0.5) is 5.95 Å². The summed E-state index contributed by atoms with van der Waals surface area (Å²) in [6.45, 7) is 2.67. The normalized spacial score (nSPS) is 10.5. The number of nitrogens with zero attached hydrogens (tertiary/aromatic N) is 2. The molecule has 4 heteroatoms. The lowest BCUT2D eigenvalue weighted by Crippen LogP contribution is -2.04. The van der Waals surface area contributed by atoms with E-state index in [2.05, 4.69) is 4.98 Å². The minimum atomic E-state index is 0.506. The molecule has 0 amide bonds. The average Bonchev–Trinajstić information content (AvgIpc) is 2.57. The molecule has 15 heavy (non-hydrogen) atoms. The smallest absolute Gasteiger partial charge is 0.200 e. The van der Waals surface area contributed by atoms with Crippen LogP contribution in [0.3, 0.4) is 0 Å². The van der Waals surface area contributed by atoms with E-state index in [9.17, 15) is 0 Å². The Hall–Kier alpha value is -1.48. The topological polar surface area (TPSA) is 43.8 Å². The second-order valence-corrected chi connectivity index (χ2v) is 3.92. The van der Waals surface area contributed by atoms with Crippen molar-refractivity contribution in [3.05, 3.63) is 46.7 Å². The van der Waals surface area contributed by atoms with E-state index in [1.807, 2.05) is 35.9 Å². The molecule has 0 bridgehead atoms. The fourth-order valence-electron chi connectivity index (χ4n) is 1.44. The molecule has 2 aromatic rings. The van der Waals surface area contributed by atoms with Gasteiger partial charge in [-0.2, -0.15) is 0 Å². The summed E-state index contributed by atoms with van der Waals surface area (Å²) in [4.78, 5) is 3.96. The zero-order chi connectivity index (χ0) is 10.8. The van der Waals surface area contributed by atoms with Gasteiger partial charge in [-0.3, -0.25) is 0 Å². The number of rotatable bonds is 2. The molecule has 1 heterocycles. The Labute approximate surface area is 93.5 Å². The van der Waals surface area contributed by atoms with E-state index in [1.54, 1.807) is 6.20 Å². The Bertz CT molecular complexity index is 476. The predicted octanol–water partition coefficient (Wildman–Crippen LogP) is 2.48. The molecular formula is C11H12ClN3. The van der Waals surface area contributed by atoms with Crippen molar-refractivity contribution in [3.63, 3.8) is 0 Å². The van der Waals surface area contributed by atoms with Crippen LogP contribution in [0.2, 0.25) is 5.02 Å². The van der Waals surface area contributed by atoms with Gasteiger partial charge in [0.2, 0.25) is 0 Å². The average molecular weight is 222 g/mol. The van der Waals surface area contributed by atoms with E-state index < -0.39 is 0 Å². The van der Waals surface area contributed by atoms with Crippen molar-refractivity contribution < 1.29 is 0 Å². The van der Waals surface area contributed by atoms with Gasteiger partial charge in [-0.1, -0.05) is 23.7 Å². The number of aromatic nitrogens is 2. The van der Waals surface area contributed by atoms with Gasteiger partial charge in [-0.25, -0.2) is 4.98 Å². The quantitative estimate of drug-likeness (QED) is 0.847. The summed E-state index contributed by atoms with van der Waals surface area (Å²) >= 11 is 6.12. The third kappa shape index (κ3) is 2.13. The summed E-state index contributed by atoms with van der Waals surface area (Å²) in [5.41, 5.74) is 7.88. The van der Waals surface area contributed by atoms with Gasteiger partial charge in [0.15, 0.2) is 5.95 Å². The highest BCUT2D eigenvalue weighted by atomic mass is 35.5. The summed E-state index contributed by atoms with van der Waals surface area (Å²) in [6, 6.07) is 6.00. The van der Waals surface area contributed by atoms with Crippen LogP contribution in [0, 0.1) is 6.92 Å². The van der Waals surface area contributed by atoms with Crippen LogP contribution in [0.25, 0.3) is 0 Å². The molecule has 0 saturated heterocycles. The van der Waals surface area contributed by atoms with Crippen molar-refractivity contribution in [2.75, 3.05) is 5.73 Å². The number of nitrogen functional groups attached to an aromatic ring is 1. The fourth-order valence-corrected chi connectivity index (χ4v) is 1.73. The Kier molecular flexibility index (Phi) is 2.64. The van der Waals surface area contributed by atoms with E-state index in [0.29, 0.717) is 12.5 Å². The largest absolute Gasteiger partial charge is 0.369 e. The maximum Gasteiger partial charge on any atom is 0.200 e. The van der Waals surface area contributed by atoms with Gasteiger partial charge < -0.3 is 10.3 Å². The van der Waals surface area contributed by atoms with Crippen molar-refractivity contribution in [2.45, 2.75) is 13.5 Å². The van der Waals surface area contributed by atoms with E-state index in [-0.39, 0.29) is 0 Å². The number of aryl methyl sites for hydroxylation is 1. The first-order valence-corrected chi connectivity index (χ1v) is 5.06. The summed E-state index contributed by atoms with van der Waals surface area (Å²) < 4.78 is 1.86. The molecule has 1 aromatic carbocycles. The van der Waals surface area contributed by atoms with E-state index in [1.165, 1.54) is 0 Å². The summed E-state index contributed by atoms with van der Waals surface area (Å²) in [6.07, 6.45) is 3.52. The standard InChI is InChI=1S/C11H12ClN3/c1-8-2-3-9(10(12)6-8)7-15-5-4-14-11(15)13/h2-6H,7H2,1H3,(H2,13,14). The molecule has 2 N–H and O–H groups in total. The summed E-state index contributed by atoms with van der Waals surface area (Å²) in [5.74, 6) is 0.506. The fraction of sp³-hybridized carbons (Fsp3) is 0.182. The number of hydrogen-bond acceptors (Lipinski definition) is 2. The molecule has 0 spiro atoms. The lowest BCUT2D eigenvalue weighted by Gasteiger charge is -2.07. The predicted molar refractivity (Wildman–Crippen MR) is 61.9 cm³/mol. The molecule has 78 valence electrons. The molecular weight excluding hydrogens is 210 g/mol. The first kappa shape index (κ1) is 10.1. The lowest BCUT2D eigenvalue weighted by atomic mass is 10.1. The number of anilines is 1. The van der Waals surface area contributed by atoms with Crippen LogP contribution in [0.15, 0.2) is 30.6 Å². The van der Waals surface area contributed by atoms with Crippen molar-refractivity contribution in [3.8, 4) is 0 Å². The molecule has 1 aromatic heterocycles. The maximum atomic E-state index is 6.12. The number of halogens is 1. The highest BCUT2D eigenvalue weighted by Gasteiger charge is 2.03. The molecule has 0 aliphatic rings. The third-order valence-electron chi connectivity index (χ3n) is 2.30. The van der Waals surface area contributed by atoms with Crippen molar-refractivity contribution in [1.82, 2.24) is 9.55 Å². The second-order valence-electron chi connectivity index (χ2n) is 3.51. The van der Waals surface area contributed by atoms with Gasteiger partial charge >= 0.3 is 0 Å². The molecule has 0 atom stereocenters. The Morgan fingerprint density at radius 1 is 1.47 bits per heavy atom. The minimum absolute atomic E-state index is 0.506. The first-order valence-electron chi connectivity index (χ1n) is 4.68. The molecule has 2 rings (SSSR count). The van der Waals surface area contributed by atoms with Crippen LogP contribution < -0.4 is 5.73 Å². The van der Waals surface area contributed by atoms with Gasteiger partial charge in [-0.05, 0) is 24.1 Å². The van der Waals surface area contributed by atoms with Gasteiger partial charge in [-0.15, -0.1) is 0 Å². The Morgan fingerprint density at radius 2 is 2.27 bits per heavy atom. The molecule has 0 aliphatic carbocycles. The Balaban J connectivity index is 2.29. The molecule has 0 aliphatic heterocycles. The van der Waals surface area contributed by atoms with Crippen LogP contribution in [0.5, 0.6) is 0 Å². The molecule has 3 nitrogen and oxygen atoms in total. The molecule has 0 saturated carbocycles. The highest BCUT2D eigenvalue weighted by Crippen LogP contribution is 2.19. The zero-order valence-electron chi connectivity index (χ0n) is 8.44. The van der Waals surface area contributed by atoms with E-state index in [4.69, 9.17) is 17.3 Å². The minimum Gasteiger partial charge on any atom is -0.369 e. The lowest BCUT2D eigenvalue weighted by molar-refractivity contribution is 0.811. The first-order chi connectivity index (χ1) is 7.16. The SMILES string of the molecule is Cc1ccc(Cn2ccnc2N)c(Cl)c1. The van der Waals surface area contributed by atoms with Crippen LogP contribution in [-0.4, -0.2) is 9.55 Å². The monoisotopic (exact) mass is 221 g/mol. The van der Waals surface area contributed by atoms with Crippen molar-refractivity contribution in [2.24, 2.45) is 0 Å². The van der Waals surface area contributed by atoms with Crippen LogP contribution in [-0.2, 0) is 6.54 Å². The number of nitrogens with two attached hydrogens (primary N) is 1. The van der Waals surface area contributed by atoms with Crippen molar-refractivity contribution in [1.29, 1.82) is 0 Å². The highest BCUT2D eigenvalue weighted by molar-refractivity contribution is 6.31. The Morgan fingerprint density at radius 3 is 2.87 bits per heavy atom.